The Bertz CT molecular complexity index is 666. The van der Waals surface area contributed by atoms with Crippen LogP contribution in [0.5, 0.6) is 0 Å². The van der Waals surface area contributed by atoms with Crippen LogP contribution in [0.1, 0.15) is 22.3 Å². The van der Waals surface area contributed by atoms with Crippen LogP contribution in [-0.4, -0.2) is 107 Å². The van der Waals surface area contributed by atoms with E-state index in [1.54, 1.807) is 12.1 Å². The summed E-state index contributed by atoms with van der Waals surface area (Å²) in [7, 11) is 0. The van der Waals surface area contributed by atoms with E-state index in [1.165, 1.54) is 0 Å². The first-order chi connectivity index (χ1) is 13.8. The predicted octanol–water partition coefficient (Wildman–Crippen LogP) is 0.406. The highest BCUT2D eigenvalue weighted by atomic mass is 16.4. The van der Waals surface area contributed by atoms with Crippen molar-refractivity contribution in [1.82, 2.24) is 14.7 Å². The molecule has 1 aromatic rings. The molecule has 0 radical (unpaired) electrons. The lowest BCUT2D eigenvalue weighted by Gasteiger charge is -2.25. The molecule has 9 nitrogen and oxygen atoms in total. The second kappa shape index (κ2) is 11.5. The summed E-state index contributed by atoms with van der Waals surface area (Å²) in [6, 6.07) is 6.85. The zero-order valence-corrected chi connectivity index (χ0v) is 16.5. The summed E-state index contributed by atoms with van der Waals surface area (Å²) in [5.74, 6) is -2.71. The third-order valence-corrected chi connectivity index (χ3v) is 5.06. The Morgan fingerprint density at radius 1 is 0.724 bits per heavy atom. The van der Waals surface area contributed by atoms with Gasteiger partial charge in [0.2, 0.25) is 0 Å². The van der Waals surface area contributed by atoms with E-state index in [2.05, 4.69) is 4.90 Å². The minimum absolute atomic E-state index is 0.0509. The number of hydrogen-bond acceptors (Lipinski definition) is 6. The van der Waals surface area contributed by atoms with Gasteiger partial charge in [0.1, 0.15) is 0 Å². The van der Waals surface area contributed by atoms with E-state index in [9.17, 15) is 14.4 Å². The number of benzene rings is 1. The second-order valence-corrected chi connectivity index (χ2v) is 7.29. The van der Waals surface area contributed by atoms with Crippen molar-refractivity contribution in [2.45, 2.75) is 12.8 Å². The van der Waals surface area contributed by atoms with E-state index < -0.39 is 17.9 Å². The van der Waals surface area contributed by atoms with Crippen LogP contribution in [0.25, 0.3) is 0 Å². The number of aromatic carboxylic acids is 1. The highest BCUT2D eigenvalue weighted by Crippen LogP contribution is 2.08. The van der Waals surface area contributed by atoms with E-state index in [0.717, 1.165) is 38.0 Å². The third-order valence-electron chi connectivity index (χ3n) is 5.06. The Morgan fingerprint density at radius 2 is 1.17 bits per heavy atom. The number of nitrogens with zero attached hydrogens (tertiary/aromatic N) is 3. The molecule has 0 bridgehead atoms. The molecule has 3 N–H and O–H groups in total. The number of carbonyl (C=O) groups is 3. The van der Waals surface area contributed by atoms with Gasteiger partial charge in [-0.1, -0.05) is 12.1 Å². The van der Waals surface area contributed by atoms with Crippen molar-refractivity contribution >= 4 is 17.9 Å². The van der Waals surface area contributed by atoms with Gasteiger partial charge in [-0.05, 0) is 37.1 Å². The fourth-order valence-corrected chi connectivity index (χ4v) is 3.43. The highest BCUT2D eigenvalue weighted by molar-refractivity contribution is 5.87. The molecule has 1 fully saturated rings. The molecule has 0 aromatic heterocycles. The molecule has 1 aliphatic rings. The smallest absolute Gasteiger partial charge is 0.335 e. The molecule has 9 heteroatoms. The van der Waals surface area contributed by atoms with Gasteiger partial charge in [-0.3, -0.25) is 19.4 Å². The lowest BCUT2D eigenvalue weighted by molar-refractivity contribution is -0.140. The second-order valence-electron chi connectivity index (χ2n) is 7.29. The van der Waals surface area contributed by atoms with Crippen molar-refractivity contribution in [3.05, 3.63) is 35.4 Å². The van der Waals surface area contributed by atoms with Gasteiger partial charge >= 0.3 is 17.9 Å². The van der Waals surface area contributed by atoms with Crippen LogP contribution in [0.2, 0.25) is 0 Å². The van der Waals surface area contributed by atoms with Crippen molar-refractivity contribution in [2.75, 3.05) is 58.9 Å². The van der Waals surface area contributed by atoms with Gasteiger partial charge in [0.05, 0.1) is 18.7 Å². The lowest BCUT2D eigenvalue weighted by Crippen LogP contribution is -2.40. The van der Waals surface area contributed by atoms with Crippen molar-refractivity contribution < 1.29 is 29.7 Å². The van der Waals surface area contributed by atoms with Crippen LogP contribution in [0.15, 0.2) is 24.3 Å². The maximum absolute atomic E-state index is 11.1. The summed E-state index contributed by atoms with van der Waals surface area (Å²) in [6.45, 7) is 4.48. The molecule has 0 amide bonds. The molecule has 1 heterocycles. The number of aliphatic carboxylic acids is 2. The Kier molecular flexibility index (Phi) is 9.04. The van der Waals surface area contributed by atoms with Crippen molar-refractivity contribution in [3.8, 4) is 0 Å². The highest BCUT2D eigenvalue weighted by Gasteiger charge is 2.19. The first kappa shape index (κ1) is 22.8. The van der Waals surface area contributed by atoms with Gasteiger partial charge in [-0.15, -0.1) is 0 Å². The first-order valence-electron chi connectivity index (χ1n) is 9.76. The quantitative estimate of drug-likeness (QED) is 0.534. The summed E-state index contributed by atoms with van der Waals surface area (Å²) in [6.07, 6.45) is 1.69. The molecule has 0 atom stereocenters. The van der Waals surface area contributed by atoms with E-state index in [0.29, 0.717) is 26.2 Å². The molecule has 0 saturated carbocycles. The minimum Gasteiger partial charge on any atom is -0.480 e. The zero-order valence-electron chi connectivity index (χ0n) is 16.5. The zero-order chi connectivity index (χ0) is 21.2. The fraction of sp³-hybridized carbons (Fsp3) is 0.550. The Hall–Kier alpha value is -2.49. The van der Waals surface area contributed by atoms with Gasteiger partial charge in [0, 0.05) is 39.3 Å². The topological polar surface area (TPSA) is 122 Å². The normalized spacial score (nSPS) is 17.2. The SMILES string of the molecule is O=C(O)CN1CCN(CCCc2ccc(C(=O)O)cc2)CCN(CC(=O)O)CC1. The van der Waals surface area contributed by atoms with Crippen molar-refractivity contribution in [2.24, 2.45) is 0 Å². The molecule has 1 aliphatic heterocycles. The van der Waals surface area contributed by atoms with Crippen LogP contribution in [0.4, 0.5) is 0 Å². The maximum Gasteiger partial charge on any atom is 0.335 e. The van der Waals surface area contributed by atoms with Gasteiger partial charge in [0.15, 0.2) is 0 Å². The van der Waals surface area contributed by atoms with Gasteiger partial charge < -0.3 is 20.2 Å². The van der Waals surface area contributed by atoms with E-state index in [-0.39, 0.29) is 18.7 Å². The van der Waals surface area contributed by atoms with E-state index in [1.807, 2.05) is 21.9 Å². The predicted molar refractivity (Wildman–Crippen MR) is 106 cm³/mol. The largest absolute Gasteiger partial charge is 0.480 e. The van der Waals surface area contributed by atoms with Gasteiger partial charge in [-0.25, -0.2) is 4.79 Å². The monoisotopic (exact) mass is 407 g/mol. The van der Waals surface area contributed by atoms with Gasteiger partial charge in [-0.2, -0.15) is 0 Å². The summed E-state index contributed by atoms with van der Waals surface area (Å²) in [5, 5.41) is 27.2. The summed E-state index contributed by atoms with van der Waals surface area (Å²) >= 11 is 0. The number of hydrogen-bond donors (Lipinski definition) is 3. The summed E-state index contributed by atoms with van der Waals surface area (Å²) < 4.78 is 0. The Labute approximate surface area is 170 Å². The first-order valence-corrected chi connectivity index (χ1v) is 9.76. The van der Waals surface area contributed by atoms with Crippen LogP contribution in [-0.2, 0) is 16.0 Å². The maximum atomic E-state index is 11.1. The third kappa shape index (κ3) is 8.59. The number of rotatable bonds is 9. The molecule has 2 rings (SSSR count). The minimum atomic E-state index is -0.940. The van der Waals surface area contributed by atoms with Crippen molar-refractivity contribution in [3.63, 3.8) is 0 Å². The lowest BCUT2D eigenvalue weighted by atomic mass is 10.1. The molecular weight excluding hydrogens is 378 g/mol. The Morgan fingerprint density at radius 3 is 1.59 bits per heavy atom. The average Bonchev–Trinajstić information content (AvgIpc) is 2.74. The standard InChI is InChI=1S/C20H29N3O6/c24-18(25)14-22-10-8-21(9-11-23(13-12-22)15-19(26)27)7-1-2-16-3-5-17(6-4-16)20(28)29/h3-6H,1-2,7-15H2,(H,24,25)(H,26,27)(H,28,29). The molecule has 29 heavy (non-hydrogen) atoms. The molecular formula is C20H29N3O6. The fourth-order valence-electron chi connectivity index (χ4n) is 3.43. The number of aryl methyl sites for hydroxylation is 1. The summed E-state index contributed by atoms with van der Waals surface area (Å²) in [4.78, 5) is 39.0. The Balaban J connectivity index is 1.90. The average molecular weight is 407 g/mol. The number of carboxylic acid groups (broad SMARTS) is 3. The van der Waals surface area contributed by atoms with Gasteiger partial charge in [0.25, 0.3) is 0 Å². The molecule has 0 spiro atoms. The van der Waals surface area contributed by atoms with Crippen LogP contribution < -0.4 is 0 Å². The van der Waals surface area contributed by atoms with Crippen molar-refractivity contribution in [1.29, 1.82) is 0 Å². The van der Waals surface area contributed by atoms with E-state index in [4.69, 9.17) is 15.3 Å². The molecule has 160 valence electrons. The summed E-state index contributed by atoms with van der Waals surface area (Å²) in [5.41, 5.74) is 1.34. The van der Waals surface area contributed by atoms with Crippen LogP contribution in [0.3, 0.4) is 0 Å². The molecule has 1 aromatic carbocycles. The van der Waals surface area contributed by atoms with Crippen LogP contribution >= 0.6 is 0 Å². The molecule has 0 aliphatic carbocycles. The molecule has 0 unspecified atom stereocenters. The molecule has 1 saturated heterocycles. The number of carboxylic acids is 3. The van der Waals surface area contributed by atoms with E-state index >= 15 is 0 Å². The van der Waals surface area contributed by atoms with Crippen LogP contribution in [0, 0.1) is 0 Å².